The summed E-state index contributed by atoms with van der Waals surface area (Å²) in [5.74, 6) is 0.782. The van der Waals surface area contributed by atoms with Gasteiger partial charge in [0, 0.05) is 43.1 Å². The monoisotopic (exact) mass is 883 g/mol. The van der Waals surface area contributed by atoms with E-state index in [0.29, 0.717) is 0 Å². The second kappa shape index (κ2) is 14.9. The molecule has 0 bridgehead atoms. The number of aromatic nitrogens is 4. The number of pyridine rings is 2. The van der Waals surface area contributed by atoms with E-state index in [0.717, 1.165) is 67.0 Å². The fourth-order valence-electron chi connectivity index (χ4n) is 6.84. The number of benzene rings is 5. The number of aryl methyl sites for hydroxylation is 2. The van der Waals surface area contributed by atoms with Crippen LogP contribution in [-0.4, -0.2) is 27.6 Å². The summed E-state index contributed by atoms with van der Waals surface area (Å²) >= 11 is 0. The van der Waals surface area contributed by atoms with Crippen LogP contribution in [0.4, 0.5) is 0 Å². The molecule has 1 radical (unpaired) electrons. The second-order valence-electron chi connectivity index (χ2n) is 14.1. The van der Waals surface area contributed by atoms with Crippen LogP contribution in [-0.2, 0) is 20.1 Å². The maximum absolute atomic E-state index is 6.33. The van der Waals surface area contributed by atoms with Crippen LogP contribution in [0, 0.1) is 26.0 Å². The zero-order chi connectivity index (χ0) is 35.8. The third-order valence-corrected chi connectivity index (χ3v) is 11.5. The fourth-order valence-corrected chi connectivity index (χ4v) is 8.55. The van der Waals surface area contributed by atoms with E-state index in [-0.39, 0.29) is 20.1 Å². The van der Waals surface area contributed by atoms with Crippen molar-refractivity contribution in [1.82, 2.24) is 19.5 Å². The van der Waals surface area contributed by atoms with Crippen LogP contribution in [0.25, 0.3) is 72.4 Å². The zero-order valence-corrected chi connectivity index (χ0v) is 33.7. The Labute approximate surface area is 324 Å². The normalized spacial score (nSPS) is 11.3. The van der Waals surface area contributed by atoms with Gasteiger partial charge in [0.15, 0.2) is 0 Å². The van der Waals surface area contributed by atoms with E-state index in [1.807, 2.05) is 67.7 Å². The molecule has 0 aliphatic carbocycles. The van der Waals surface area contributed by atoms with Gasteiger partial charge in [0.25, 0.3) is 0 Å². The molecule has 4 heterocycles. The predicted molar refractivity (Wildman–Crippen MR) is 217 cm³/mol. The second-order valence-corrected chi connectivity index (χ2v) is 19.1. The average Bonchev–Trinajstić information content (AvgIpc) is 3.74. The molecule has 9 rings (SSSR count). The molecule has 5 aromatic carbocycles. The Bertz CT molecular complexity index is 2680. The Hall–Kier alpha value is -5.46. The van der Waals surface area contributed by atoms with Crippen LogP contribution in [0.3, 0.4) is 0 Å². The predicted octanol–water partition coefficient (Wildman–Crippen LogP) is 11.2. The molecule has 0 fully saturated rings. The van der Waals surface area contributed by atoms with Crippen molar-refractivity contribution >= 4 is 46.2 Å². The van der Waals surface area contributed by atoms with Gasteiger partial charge < -0.3 is 14.0 Å². The Balaban J connectivity index is 0.000000205. The molecule has 0 atom stereocenters. The molecule has 0 aliphatic rings. The van der Waals surface area contributed by atoms with Gasteiger partial charge in [-0.25, -0.2) is 0 Å². The summed E-state index contributed by atoms with van der Waals surface area (Å²) in [6.45, 7) is 11.2. The molecule has 53 heavy (non-hydrogen) atoms. The van der Waals surface area contributed by atoms with Gasteiger partial charge in [0.05, 0.1) is 36.7 Å². The van der Waals surface area contributed by atoms with Gasteiger partial charge >= 0.3 is 0 Å². The summed E-state index contributed by atoms with van der Waals surface area (Å²) in [7, 11) is -1.27. The Morgan fingerprint density at radius 3 is 2.15 bits per heavy atom. The first-order valence-electron chi connectivity index (χ1n) is 17.5. The minimum atomic E-state index is -1.27. The van der Waals surface area contributed by atoms with Crippen molar-refractivity contribution in [2.24, 2.45) is 0 Å². The Kier molecular flexibility index (Phi) is 10.1. The van der Waals surface area contributed by atoms with Gasteiger partial charge in [-0.15, -0.1) is 54.1 Å². The topological polar surface area (TPSA) is 56.7 Å². The molecule has 0 saturated heterocycles. The van der Waals surface area contributed by atoms with Crippen molar-refractivity contribution in [1.29, 1.82) is 0 Å². The average molecular weight is 883 g/mol. The van der Waals surface area contributed by atoms with Crippen molar-refractivity contribution in [2.75, 3.05) is 0 Å². The molecule has 9 aromatic rings. The maximum atomic E-state index is 6.33. The van der Waals surface area contributed by atoms with Crippen LogP contribution in [0.5, 0.6) is 0 Å². The molecule has 0 aliphatic heterocycles. The number of rotatable bonds is 5. The maximum Gasteiger partial charge on any atom is 0.120 e. The molecule has 0 saturated carbocycles. The van der Waals surface area contributed by atoms with Crippen molar-refractivity contribution in [3.63, 3.8) is 0 Å². The van der Waals surface area contributed by atoms with Gasteiger partial charge in [-0.05, 0) is 60.1 Å². The number of hydrogen-bond acceptors (Lipinski definition) is 4. The van der Waals surface area contributed by atoms with Crippen molar-refractivity contribution in [3.05, 3.63) is 163 Å². The smallest absolute Gasteiger partial charge is 0.120 e. The third-order valence-electron chi connectivity index (χ3n) is 9.38. The molecule has 0 amide bonds. The quantitative estimate of drug-likeness (QED) is 0.128. The zero-order valence-electron chi connectivity index (χ0n) is 30.3. The largest absolute Gasteiger partial charge is 0.501 e. The number of hydrogen-bond donors (Lipinski definition) is 0. The van der Waals surface area contributed by atoms with Gasteiger partial charge in [0.2, 0.25) is 0 Å². The minimum Gasteiger partial charge on any atom is -0.501 e. The number of para-hydroxylation sites is 1. The Morgan fingerprint density at radius 1 is 0.679 bits per heavy atom. The molecule has 0 spiro atoms. The molecular formula is C46H38IrN4OSi-2. The van der Waals surface area contributed by atoms with E-state index in [1.165, 1.54) is 21.9 Å². The number of furan rings is 1. The van der Waals surface area contributed by atoms with Crippen LogP contribution in [0.2, 0.25) is 19.6 Å². The first kappa shape index (κ1) is 35.9. The van der Waals surface area contributed by atoms with E-state index < -0.39 is 8.07 Å². The minimum absolute atomic E-state index is 0. The van der Waals surface area contributed by atoms with Gasteiger partial charge in [-0.1, -0.05) is 103 Å². The summed E-state index contributed by atoms with van der Waals surface area (Å²) < 4.78 is 8.47. The number of nitrogens with zero attached hydrogens (tertiary/aromatic N) is 4. The van der Waals surface area contributed by atoms with Gasteiger partial charge in [-0.3, -0.25) is 9.97 Å². The van der Waals surface area contributed by atoms with E-state index in [2.05, 4.69) is 132 Å². The summed E-state index contributed by atoms with van der Waals surface area (Å²) in [4.78, 5) is 14.2. The van der Waals surface area contributed by atoms with Crippen LogP contribution in [0.15, 0.2) is 144 Å². The molecule has 5 nitrogen and oxygen atoms in total. The molecule has 7 heteroatoms. The molecule has 0 N–H and O–H groups in total. The number of imidazole rings is 1. The van der Waals surface area contributed by atoms with Crippen LogP contribution < -0.4 is 5.19 Å². The van der Waals surface area contributed by atoms with Crippen molar-refractivity contribution in [2.45, 2.75) is 33.5 Å². The van der Waals surface area contributed by atoms with Crippen molar-refractivity contribution < 1.29 is 24.5 Å². The van der Waals surface area contributed by atoms with Crippen molar-refractivity contribution in [3.8, 4) is 39.5 Å². The summed E-state index contributed by atoms with van der Waals surface area (Å²) in [5, 5.41) is 3.59. The van der Waals surface area contributed by atoms with E-state index in [4.69, 9.17) is 9.40 Å². The number of fused-ring (bicyclic) bond motifs is 4. The third kappa shape index (κ3) is 7.16. The van der Waals surface area contributed by atoms with Gasteiger partial charge in [-0.2, -0.15) is 0 Å². The molecule has 4 aromatic heterocycles. The van der Waals surface area contributed by atoms with Crippen LogP contribution in [0.1, 0.15) is 11.3 Å². The molecule has 0 unspecified atom stereocenters. The first-order chi connectivity index (χ1) is 25.2. The van der Waals surface area contributed by atoms with E-state index in [9.17, 15) is 0 Å². The summed E-state index contributed by atoms with van der Waals surface area (Å²) in [6.07, 6.45) is 3.95. The van der Waals surface area contributed by atoms with E-state index in [1.54, 1.807) is 0 Å². The standard InChI is InChI=1S/C31H20N3O.C15H18NSi.Ir/c1-20-18-27-28(19-32-20)34(23-16-14-22(15-17-23)21-8-3-2-4-9-21)31(33-27)26-12-7-11-25-24-10-5-6-13-29(24)35-30(25)26;1-12-10-14(13-8-6-5-7-9-13)16-11-15(12)17(2,3)4;/h2-11,13-19H,1H3;5-8,10-11H,1-4H3;/q2*-1;. The summed E-state index contributed by atoms with van der Waals surface area (Å²) in [5.41, 5.74) is 12.0. The first-order valence-corrected chi connectivity index (χ1v) is 21.0. The van der Waals surface area contributed by atoms with Crippen LogP contribution >= 0.6 is 0 Å². The Morgan fingerprint density at radius 2 is 1.42 bits per heavy atom. The molecular weight excluding hydrogens is 845 g/mol. The summed E-state index contributed by atoms with van der Waals surface area (Å²) in [6, 6.07) is 49.9. The SMILES string of the molecule is Cc1cc(-c2[c-]cccc2)ncc1[Si](C)(C)C.Cc1cc2nc(-c3[c-]ccc4c3oc3ccccc34)n(-c3ccc(-c4ccccc4)cc3)c2cn1.[Ir]. The fraction of sp³-hybridized carbons (Fsp3) is 0.109. The molecule has 263 valence electrons. The van der Waals surface area contributed by atoms with E-state index >= 15 is 0 Å². The van der Waals surface area contributed by atoms with Gasteiger partial charge in [0.1, 0.15) is 5.58 Å².